The highest BCUT2D eigenvalue weighted by Crippen LogP contribution is 2.33. The van der Waals surface area contributed by atoms with Crippen molar-refractivity contribution in [3.05, 3.63) is 42.0 Å². The zero-order valence-corrected chi connectivity index (χ0v) is 9.28. The number of allylic oxidation sites excluding steroid dienone is 1. The lowest BCUT2D eigenvalue weighted by Gasteiger charge is -2.24. The molecule has 0 saturated heterocycles. The SMILES string of the molecule is O[C@@]1(C(F)(F)F)CC(/C=C\c2ccccc2)=NN1. The summed E-state index contributed by atoms with van der Waals surface area (Å²) >= 11 is 0. The number of hydrogen-bond acceptors (Lipinski definition) is 3. The molecule has 1 aliphatic rings. The number of benzene rings is 1. The summed E-state index contributed by atoms with van der Waals surface area (Å²) in [5.74, 6) is 0. The summed E-state index contributed by atoms with van der Waals surface area (Å²) < 4.78 is 37.4. The molecule has 18 heavy (non-hydrogen) atoms. The predicted octanol–water partition coefficient (Wildman–Crippen LogP) is 2.30. The Labute approximate surface area is 102 Å². The molecule has 1 atom stereocenters. The molecule has 0 aliphatic carbocycles. The summed E-state index contributed by atoms with van der Waals surface area (Å²) in [4.78, 5) is 0. The summed E-state index contributed by atoms with van der Waals surface area (Å²) in [6, 6.07) is 9.11. The minimum Gasteiger partial charge on any atom is -0.362 e. The van der Waals surface area contributed by atoms with Crippen LogP contribution in [-0.2, 0) is 0 Å². The Kier molecular flexibility index (Phi) is 3.13. The van der Waals surface area contributed by atoms with Crippen LogP contribution in [-0.4, -0.2) is 22.7 Å². The van der Waals surface area contributed by atoms with Crippen molar-refractivity contribution in [3.8, 4) is 0 Å². The first-order valence-corrected chi connectivity index (χ1v) is 5.27. The van der Waals surface area contributed by atoms with E-state index in [-0.39, 0.29) is 5.71 Å². The first-order chi connectivity index (χ1) is 8.41. The maximum Gasteiger partial charge on any atom is 0.438 e. The van der Waals surface area contributed by atoms with Crippen LogP contribution in [0, 0.1) is 0 Å². The van der Waals surface area contributed by atoms with E-state index in [0.717, 1.165) is 5.56 Å². The molecule has 0 aromatic heterocycles. The van der Waals surface area contributed by atoms with Crippen LogP contribution >= 0.6 is 0 Å². The molecule has 3 nitrogen and oxygen atoms in total. The van der Waals surface area contributed by atoms with E-state index in [1.165, 1.54) is 6.08 Å². The fourth-order valence-corrected chi connectivity index (χ4v) is 1.52. The zero-order valence-electron chi connectivity index (χ0n) is 9.28. The molecular weight excluding hydrogens is 245 g/mol. The molecule has 2 N–H and O–H groups in total. The third-order valence-electron chi connectivity index (χ3n) is 2.56. The molecule has 1 aromatic rings. The van der Waals surface area contributed by atoms with Crippen LogP contribution < -0.4 is 5.43 Å². The molecule has 0 saturated carbocycles. The van der Waals surface area contributed by atoms with Gasteiger partial charge in [-0.3, -0.25) is 5.43 Å². The Morgan fingerprint density at radius 1 is 1.22 bits per heavy atom. The Balaban J connectivity index is 2.04. The first-order valence-electron chi connectivity index (χ1n) is 5.27. The first kappa shape index (κ1) is 12.6. The Morgan fingerprint density at radius 3 is 2.44 bits per heavy atom. The Morgan fingerprint density at radius 2 is 1.89 bits per heavy atom. The van der Waals surface area contributed by atoms with Crippen LogP contribution in [0.15, 0.2) is 41.5 Å². The number of rotatable bonds is 2. The number of nitrogens with one attached hydrogen (secondary N) is 1. The van der Waals surface area contributed by atoms with Crippen LogP contribution in [0.4, 0.5) is 13.2 Å². The lowest BCUT2D eigenvalue weighted by atomic mass is 10.1. The number of hydrazone groups is 1. The van der Waals surface area contributed by atoms with Gasteiger partial charge in [0.05, 0.1) is 12.1 Å². The highest BCUT2D eigenvalue weighted by Gasteiger charge is 2.56. The van der Waals surface area contributed by atoms with Crippen LogP contribution in [0.2, 0.25) is 0 Å². The monoisotopic (exact) mass is 256 g/mol. The van der Waals surface area contributed by atoms with E-state index < -0.39 is 18.3 Å². The highest BCUT2D eigenvalue weighted by molar-refractivity contribution is 5.99. The van der Waals surface area contributed by atoms with Crippen LogP contribution in [0.5, 0.6) is 0 Å². The second-order valence-electron chi connectivity index (χ2n) is 3.99. The molecule has 2 rings (SSSR count). The van der Waals surface area contributed by atoms with Crippen molar-refractivity contribution in [1.29, 1.82) is 0 Å². The van der Waals surface area contributed by atoms with Gasteiger partial charge in [0.15, 0.2) is 0 Å². The molecule has 96 valence electrons. The van der Waals surface area contributed by atoms with Gasteiger partial charge >= 0.3 is 6.18 Å². The van der Waals surface area contributed by atoms with E-state index in [2.05, 4.69) is 5.10 Å². The van der Waals surface area contributed by atoms with E-state index in [1.807, 2.05) is 30.3 Å². The van der Waals surface area contributed by atoms with Gasteiger partial charge in [-0.25, -0.2) is 0 Å². The molecule has 1 heterocycles. The summed E-state index contributed by atoms with van der Waals surface area (Å²) in [5, 5.41) is 12.8. The number of alkyl halides is 3. The Hall–Kier alpha value is -1.82. The summed E-state index contributed by atoms with van der Waals surface area (Å²) in [7, 11) is 0. The minimum absolute atomic E-state index is 0.152. The standard InChI is InChI=1S/C12H11F3N2O/c13-12(14,15)11(18)8-10(16-17-11)7-6-9-4-2-1-3-5-9/h1-7,17-18H,8H2/b7-6-/t11-/m1/s1. The summed E-state index contributed by atoms with van der Waals surface area (Å²) in [6.45, 7) is 0. The maximum atomic E-state index is 12.5. The third-order valence-corrected chi connectivity index (χ3v) is 2.56. The van der Waals surface area contributed by atoms with Crippen molar-refractivity contribution in [3.63, 3.8) is 0 Å². The molecule has 0 bridgehead atoms. The number of hydrogen-bond donors (Lipinski definition) is 2. The average Bonchev–Trinajstić information content (AvgIpc) is 2.71. The van der Waals surface area contributed by atoms with Gasteiger partial charge in [-0.2, -0.15) is 18.3 Å². The quantitative estimate of drug-likeness (QED) is 0.852. The maximum absolute atomic E-state index is 12.5. The molecule has 0 amide bonds. The summed E-state index contributed by atoms with van der Waals surface area (Å²) in [5.41, 5.74) is -0.227. The molecular formula is C12H11F3N2O. The normalized spacial score (nSPS) is 24.1. The summed E-state index contributed by atoms with van der Waals surface area (Å²) in [6.07, 6.45) is -2.26. The zero-order chi connectivity index (χ0) is 13.2. The van der Waals surface area contributed by atoms with Crippen molar-refractivity contribution < 1.29 is 18.3 Å². The van der Waals surface area contributed by atoms with Gasteiger partial charge in [0.25, 0.3) is 5.72 Å². The fourth-order valence-electron chi connectivity index (χ4n) is 1.52. The molecule has 0 fully saturated rings. The van der Waals surface area contributed by atoms with Gasteiger partial charge < -0.3 is 5.11 Å². The van der Waals surface area contributed by atoms with Crippen molar-refractivity contribution in [1.82, 2.24) is 5.43 Å². The average molecular weight is 256 g/mol. The van der Waals surface area contributed by atoms with E-state index in [9.17, 15) is 18.3 Å². The van der Waals surface area contributed by atoms with E-state index in [4.69, 9.17) is 0 Å². The van der Waals surface area contributed by atoms with Crippen molar-refractivity contribution in [2.75, 3.05) is 0 Å². The number of nitrogens with zero attached hydrogens (tertiary/aromatic N) is 1. The second-order valence-corrected chi connectivity index (χ2v) is 3.99. The van der Waals surface area contributed by atoms with E-state index in [0.29, 0.717) is 0 Å². The van der Waals surface area contributed by atoms with Gasteiger partial charge in [0.1, 0.15) is 0 Å². The topological polar surface area (TPSA) is 44.6 Å². The minimum atomic E-state index is -4.75. The van der Waals surface area contributed by atoms with Gasteiger partial charge in [-0.05, 0) is 11.6 Å². The van der Waals surface area contributed by atoms with Crippen LogP contribution in [0.25, 0.3) is 6.08 Å². The number of aliphatic hydroxyl groups is 1. The largest absolute Gasteiger partial charge is 0.438 e. The molecule has 6 heteroatoms. The van der Waals surface area contributed by atoms with Crippen LogP contribution in [0.3, 0.4) is 0 Å². The molecule has 0 radical (unpaired) electrons. The predicted molar refractivity (Wildman–Crippen MR) is 61.7 cm³/mol. The lowest BCUT2D eigenvalue weighted by Crippen LogP contribution is -2.52. The van der Waals surface area contributed by atoms with Crippen molar-refractivity contribution in [2.24, 2.45) is 5.10 Å². The number of halogens is 3. The second kappa shape index (κ2) is 4.45. The van der Waals surface area contributed by atoms with Crippen molar-refractivity contribution >= 4 is 11.8 Å². The molecule has 0 spiro atoms. The lowest BCUT2D eigenvalue weighted by molar-refractivity contribution is -0.266. The van der Waals surface area contributed by atoms with Gasteiger partial charge in [-0.15, -0.1) is 0 Å². The molecule has 0 unspecified atom stereocenters. The van der Waals surface area contributed by atoms with Crippen molar-refractivity contribution in [2.45, 2.75) is 18.3 Å². The molecule has 1 aliphatic heterocycles. The third kappa shape index (κ3) is 2.53. The van der Waals surface area contributed by atoms with Gasteiger partial charge in [0, 0.05) is 0 Å². The molecule has 1 aromatic carbocycles. The van der Waals surface area contributed by atoms with Gasteiger partial charge in [0.2, 0.25) is 0 Å². The van der Waals surface area contributed by atoms with Crippen LogP contribution in [0.1, 0.15) is 12.0 Å². The van der Waals surface area contributed by atoms with E-state index >= 15 is 0 Å². The Bertz CT molecular complexity index is 482. The fraction of sp³-hybridized carbons (Fsp3) is 0.250. The highest BCUT2D eigenvalue weighted by atomic mass is 19.4. The van der Waals surface area contributed by atoms with Gasteiger partial charge in [-0.1, -0.05) is 36.4 Å². The smallest absolute Gasteiger partial charge is 0.362 e. The van der Waals surface area contributed by atoms with E-state index in [1.54, 1.807) is 11.5 Å².